The molecule has 0 radical (unpaired) electrons. The average molecular weight is 434 g/mol. The van der Waals surface area contributed by atoms with E-state index in [9.17, 15) is 9.59 Å². The van der Waals surface area contributed by atoms with Crippen molar-refractivity contribution in [1.29, 1.82) is 0 Å². The van der Waals surface area contributed by atoms with Gasteiger partial charge >= 0.3 is 5.97 Å². The molecule has 1 amide bonds. The van der Waals surface area contributed by atoms with Crippen LogP contribution < -0.4 is 5.32 Å². The van der Waals surface area contributed by atoms with Crippen molar-refractivity contribution in [1.82, 2.24) is 0 Å². The fourth-order valence-electron chi connectivity index (χ4n) is 3.81. The molecule has 1 fully saturated rings. The molecule has 162 valence electrons. The van der Waals surface area contributed by atoms with Crippen LogP contribution in [0.4, 0.5) is 5.69 Å². The largest absolute Gasteiger partial charge is 0.465 e. The van der Waals surface area contributed by atoms with E-state index in [2.05, 4.69) is 48.6 Å². The highest BCUT2D eigenvalue weighted by atomic mass is 28.3. The predicted octanol–water partition coefficient (Wildman–Crippen LogP) is 6.00. The van der Waals surface area contributed by atoms with Crippen LogP contribution in [0.1, 0.15) is 69.9 Å². The lowest BCUT2D eigenvalue weighted by atomic mass is 9.84. The molecule has 0 saturated heterocycles. The number of rotatable bonds is 4. The number of hydrogen-bond acceptors (Lipinski definition) is 3. The highest BCUT2D eigenvalue weighted by molar-refractivity contribution is 6.83. The highest BCUT2D eigenvalue weighted by Crippen LogP contribution is 2.32. The first-order valence-corrected chi connectivity index (χ1v) is 14.4. The number of ether oxygens (including phenoxy) is 1. The maximum Gasteiger partial charge on any atom is 0.340 e. The van der Waals surface area contributed by atoms with Crippen LogP contribution in [0, 0.1) is 11.5 Å². The minimum absolute atomic E-state index is 0.249. The van der Waals surface area contributed by atoms with E-state index in [1.54, 1.807) is 12.1 Å². The third kappa shape index (κ3) is 6.32. The number of anilines is 1. The van der Waals surface area contributed by atoms with Gasteiger partial charge in [-0.05, 0) is 54.7 Å². The van der Waals surface area contributed by atoms with Crippen molar-refractivity contribution in [3.05, 3.63) is 64.7 Å². The molecule has 0 unspecified atom stereocenters. The lowest BCUT2D eigenvalue weighted by Gasteiger charge is -2.22. The van der Waals surface area contributed by atoms with E-state index in [-0.39, 0.29) is 5.91 Å². The van der Waals surface area contributed by atoms with Crippen molar-refractivity contribution >= 4 is 25.6 Å². The number of methoxy groups -OCH3 is 1. The lowest BCUT2D eigenvalue weighted by molar-refractivity contribution is 0.0602. The predicted molar refractivity (Wildman–Crippen MR) is 128 cm³/mol. The number of hydrogen-bond donors (Lipinski definition) is 1. The first-order valence-electron chi connectivity index (χ1n) is 10.9. The summed E-state index contributed by atoms with van der Waals surface area (Å²) in [7, 11) is -0.210. The van der Waals surface area contributed by atoms with Crippen LogP contribution in [0.5, 0.6) is 0 Å². The third-order valence-corrected chi connectivity index (χ3v) is 6.38. The number of benzene rings is 2. The minimum Gasteiger partial charge on any atom is -0.465 e. The summed E-state index contributed by atoms with van der Waals surface area (Å²) in [6.45, 7) is 6.49. The van der Waals surface area contributed by atoms with Crippen molar-refractivity contribution in [2.45, 2.75) is 57.7 Å². The maximum atomic E-state index is 12.8. The van der Waals surface area contributed by atoms with Gasteiger partial charge in [-0.3, -0.25) is 4.79 Å². The van der Waals surface area contributed by atoms with Gasteiger partial charge in [-0.2, -0.15) is 0 Å². The molecular formula is C26H31NO3Si. The summed E-state index contributed by atoms with van der Waals surface area (Å²) in [5.41, 5.74) is 6.62. The topological polar surface area (TPSA) is 55.4 Å². The Labute approximate surface area is 186 Å². The molecule has 5 heteroatoms. The Balaban J connectivity index is 1.79. The summed E-state index contributed by atoms with van der Waals surface area (Å²) in [6.07, 6.45) is 6.33. The van der Waals surface area contributed by atoms with Gasteiger partial charge in [-0.15, -0.1) is 5.54 Å². The molecule has 0 spiro atoms. The second-order valence-electron chi connectivity index (χ2n) is 9.16. The molecule has 1 N–H and O–H groups in total. The van der Waals surface area contributed by atoms with Gasteiger partial charge in [0.25, 0.3) is 5.91 Å². The molecule has 4 nitrogen and oxygen atoms in total. The minimum atomic E-state index is -1.54. The first kappa shape index (κ1) is 22.8. The Hall–Kier alpha value is -2.84. The van der Waals surface area contributed by atoms with Crippen molar-refractivity contribution < 1.29 is 14.3 Å². The van der Waals surface area contributed by atoms with Gasteiger partial charge in [0, 0.05) is 11.1 Å². The Bertz CT molecular complexity index is 1000. The molecule has 2 aromatic carbocycles. The summed E-state index contributed by atoms with van der Waals surface area (Å²) in [5, 5.41) is 2.86. The third-order valence-electron chi connectivity index (χ3n) is 5.50. The summed E-state index contributed by atoms with van der Waals surface area (Å²) in [6, 6.07) is 13.1. The van der Waals surface area contributed by atoms with Crippen molar-refractivity contribution in [3.63, 3.8) is 0 Å². The van der Waals surface area contributed by atoms with Gasteiger partial charge < -0.3 is 10.1 Å². The molecule has 0 aliphatic heterocycles. The van der Waals surface area contributed by atoms with Crippen molar-refractivity contribution in [2.75, 3.05) is 12.4 Å². The fraction of sp³-hybridized carbons (Fsp3) is 0.385. The quantitative estimate of drug-likeness (QED) is 0.365. The average Bonchev–Trinajstić information content (AvgIpc) is 2.78. The van der Waals surface area contributed by atoms with Crippen LogP contribution in [-0.4, -0.2) is 27.1 Å². The zero-order chi connectivity index (χ0) is 22.4. The van der Waals surface area contributed by atoms with E-state index < -0.39 is 14.0 Å². The van der Waals surface area contributed by atoms with E-state index in [1.807, 2.05) is 18.2 Å². The zero-order valence-electron chi connectivity index (χ0n) is 18.9. The molecule has 0 aromatic heterocycles. The van der Waals surface area contributed by atoms with Gasteiger partial charge in [0.2, 0.25) is 0 Å². The summed E-state index contributed by atoms with van der Waals surface area (Å²) in [5.74, 6) is 2.99. The molecule has 3 rings (SSSR count). The van der Waals surface area contributed by atoms with E-state index >= 15 is 0 Å². The van der Waals surface area contributed by atoms with Gasteiger partial charge in [-0.1, -0.05) is 57.0 Å². The van der Waals surface area contributed by atoms with Crippen LogP contribution >= 0.6 is 0 Å². The normalized spacial score (nSPS) is 14.3. The second kappa shape index (κ2) is 9.98. The molecule has 0 atom stereocenters. The Kier molecular flexibility index (Phi) is 7.35. The summed E-state index contributed by atoms with van der Waals surface area (Å²) in [4.78, 5) is 25.1. The highest BCUT2D eigenvalue weighted by Gasteiger charge is 2.18. The molecule has 0 bridgehead atoms. The summed E-state index contributed by atoms with van der Waals surface area (Å²) >= 11 is 0. The van der Waals surface area contributed by atoms with Crippen molar-refractivity contribution in [2.24, 2.45) is 0 Å². The smallest absolute Gasteiger partial charge is 0.340 e. The Morgan fingerprint density at radius 1 is 1.00 bits per heavy atom. The maximum absolute atomic E-state index is 12.8. The first-order chi connectivity index (χ1) is 14.8. The molecular weight excluding hydrogens is 402 g/mol. The molecule has 1 aliphatic carbocycles. The second-order valence-corrected chi connectivity index (χ2v) is 13.9. The number of esters is 1. The summed E-state index contributed by atoms with van der Waals surface area (Å²) < 4.78 is 4.92. The monoisotopic (exact) mass is 433 g/mol. The van der Waals surface area contributed by atoms with E-state index in [4.69, 9.17) is 4.74 Å². The van der Waals surface area contributed by atoms with Crippen molar-refractivity contribution in [3.8, 4) is 11.5 Å². The van der Waals surface area contributed by atoms with Gasteiger partial charge in [-0.25, -0.2) is 4.79 Å². The number of nitrogens with one attached hydrogen (secondary N) is 1. The molecule has 1 saturated carbocycles. The fourth-order valence-corrected chi connectivity index (χ4v) is 4.33. The zero-order valence-corrected chi connectivity index (χ0v) is 19.9. The van der Waals surface area contributed by atoms with Crippen LogP contribution in [-0.2, 0) is 4.74 Å². The molecule has 0 heterocycles. The number of carbonyl (C=O) groups excluding carboxylic acids is 2. The SMILES string of the molecule is COC(=O)c1cc(C#C[Si](C)(C)C)ccc1NC(=O)c1ccc(C2CCCCC2)cc1. The standard InChI is InChI=1S/C26H31NO3Si/c1-30-26(29)23-18-19(16-17-31(2,3)4)10-15-24(23)27-25(28)22-13-11-21(12-14-22)20-8-6-5-7-9-20/h10-15,18,20H,5-9H2,1-4H3,(H,27,28). The Morgan fingerprint density at radius 2 is 1.68 bits per heavy atom. The van der Waals surface area contributed by atoms with E-state index in [0.717, 1.165) is 5.56 Å². The number of amides is 1. The van der Waals surface area contributed by atoms with Crippen LogP contribution in [0.15, 0.2) is 42.5 Å². The van der Waals surface area contributed by atoms with Gasteiger partial charge in [0.05, 0.1) is 18.4 Å². The van der Waals surface area contributed by atoms with Crippen LogP contribution in [0.25, 0.3) is 0 Å². The lowest BCUT2D eigenvalue weighted by Crippen LogP contribution is -2.17. The molecule has 31 heavy (non-hydrogen) atoms. The Morgan fingerprint density at radius 3 is 2.29 bits per heavy atom. The van der Waals surface area contributed by atoms with E-state index in [1.165, 1.54) is 44.8 Å². The van der Waals surface area contributed by atoms with Crippen LogP contribution in [0.2, 0.25) is 19.6 Å². The van der Waals surface area contributed by atoms with Crippen LogP contribution in [0.3, 0.4) is 0 Å². The number of carbonyl (C=O) groups is 2. The van der Waals surface area contributed by atoms with Gasteiger partial charge in [0.1, 0.15) is 8.07 Å². The van der Waals surface area contributed by atoms with Gasteiger partial charge in [0.15, 0.2) is 0 Å². The van der Waals surface area contributed by atoms with E-state index in [0.29, 0.717) is 22.7 Å². The molecule has 2 aromatic rings. The molecule has 1 aliphatic rings.